The van der Waals surface area contributed by atoms with Crippen LogP contribution in [0.5, 0.6) is 0 Å². The molecule has 10 heavy (non-hydrogen) atoms. The van der Waals surface area contributed by atoms with Gasteiger partial charge >= 0.3 is 0 Å². The molecule has 1 aromatic rings. The molecule has 0 aromatic heterocycles. The van der Waals surface area contributed by atoms with Crippen LogP contribution in [0.25, 0.3) is 0 Å². The summed E-state index contributed by atoms with van der Waals surface area (Å²) in [5, 5.41) is 0. The van der Waals surface area contributed by atoms with Gasteiger partial charge in [0.05, 0.1) is 5.45 Å². The Labute approximate surface area is 62.0 Å². The third-order valence-electron chi connectivity index (χ3n) is 1.51. The second-order valence-electron chi connectivity index (χ2n) is 2.39. The molecule has 0 saturated heterocycles. The van der Waals surface area contributed by atoms with E-state index in [4.69, 9.17) is 0 Å². The third-order valence-corrected chi connectivity index (χ3v) is 2.17. The fraction of sp³-hybridized carbons (Fsp3) is 0.125. The zero-order chi connectivity index (χ0) is 6.97. The molecule has 49 valence electrons. The van der Waals surface area contributed by atoms with Crippen LogP contribution >= 0.6 is 8.73 Å². The maximum Gasteiger partial charge on any atom is 0.121 e. The molecule has 1 aliphatic heterocycles. The second kappa shape index (κ2) is 2.17. The summed E-state index contributed by atoms with van der Waals surface area (Å²) in [5.41, 5.74) is 3.80. The number of hydrogen-bond donors (Lipinski definition) is 0. The van der Waals surface area contributed by atoms with Crippen molar-refractivity contribution in [2.24, 2.45) is 4.76 Å². The highest BCUT2D eigenvalue weighted by Crippen LogP contribution is 2.35. The van der Waals surface area contributed by atoms with Gasteiger partial charge in [0, 0.05) is 5.56 Å². The first-order valence-electron chi connectivity index (χ1n) is 3.22. The van der Waals surface area contributed by atoms with Gasteiger partial charge in [-0.25, -0.2) is 4.76 Å². The zero-order valence-corrected chi connectivity index (χ0v) is 6.60. The average molecular weight is 148 g/mol. The summed E-state index contributed by atoms with van der Waals surface area (Å²) in [6, 6.07) is 8.47. The van der Waals surface area contributed by atoms with E-state index in [1.807, 2.05) is 0 Å². The van der Waals surface area contributed by atoms with Crippen LogP contribution < -0.4 is 0 Å². The molecule has 0 spiro atoms. The summed E-state index contributed by atoms with van der Waals surface area (Å²) >= 11 is 0. The molecule has 2 rings (SSSR count). The van der Waals surface area contributed by atoms with Gasteiger partial charge in [0.2, 0.25) is 0 Å². The van der Waals surface area contributed by atoms with Gasteiger partial charge in [-0.05, 0) is 6.92 Å². The normalized spacial score (nSPS) is 17.1. The molecule has 0 N–H and O–H groups in total. The molecule has 1 nitrogen and oxygen atoms in total. The summed E-state index contributed by atoms with van der Waals surface area (Å²) in [5.74, 6) is 0. The predicted octanol–water partition coefficient (Wildman–Crippen LogP) is 2.62. The van der Waals surface area contributed by atoms with E-state index in [-0.39, 0.29) is 0 Å². The summed E-state index contributed by atoms with van der Waals surface area (Å²) in [6.45, 7) is 2.09. The summed E-state index contributed by atoms with van der Waals surface area (Å²) in [7, 11) is 1.15. The van der Waals surface area contributed by atoms with Crippen molar-refractivity contribution >= 4 is 14.2 Å². The van der Waals surface area contributed by atoms with Crippen LogP contribution in [-0.2, 0) is 0 Å². The van der Waals surface area contributed by atoms with Crippen LogP contribution in [0.2, 0.25) is 0 Å². The Morgan fingerprint density at radius 2 is 1.80 bits per heavy atom. The lowest BCUT2D eigenvalue weighted by Gasteiger charge is -1.91. The highest BCUT2D eigenvalue weighted by Gasteiger charge is 2.13. The molecule has 0 bridgehead atoms. The Bertz CT molecular complexity index is 274. The average Bonchev–Trinajstić information content (AvgIpc) is 2.71. The van der Waals surface area contributed by atoms with E-state index >= 15 is 0 Å². The Balaban J connectivity index is 2.37. The smallest absolute Gasteiger partial charge is 0.121 e. The van der Waals surface area contributed by atoms with Crippen molar-refractivity contribution in [3.05, 3.63) is 35.4 Å². The minimum absolute atomic E-state index is 1.15. The molecule has 0 atom stereocenters. The topological polar surface area (TPSA) is 12.4 Å². The fourth-order valence-corrected chi connectivity index (χ4v) is 1.27. The molecule has 1 aliphatic rings. The molecular weight excluding hydrogens is 141 g/mol. The van der Waals surface area contributed by atoms with Crippen molar-refractivity contribution in [3.8, 4) is 0 Å². The van der Waals surface area contributed by atoms with Gasteiger partial charge in [0.1, 0.15) is 8.73 Å². The van der Waals surface area contributed by atoms with Gasteiger partial charge in [-0.3, -0.25) is 0 Å². The van der Waals surface area contributed by atoms with Gasteiger partial charge in [-0.1, -0.05) is 29.8 Å². The third kappa shape index (κ3) is 1.10. The van der Waals surface area contributed by atoms with E-state index in [1.165, 1.54) is 16.6 Å². The molecule has 2 heteroatoms. The molecule has 0 amide bonds. The predicted molar refractivity (Wildman–Crippen MR) is 44.6 cm³/mol. The van der Waals surface area contributed by atoms with E-state index in [0.29, 0.717) is 0 Å². The zero-order valence-electron chi connectivity index (χ0n) is 5.70. The standard InChI is InChI=1S/C8H7NP/c1-6-2-4-7(5-3-6)8-9-10-8/h2-5H,1H3. The first-order chi connectivity index (χ1) is 4.86. The highest BCUT2D eigenvalue weighted by molar-refractivity contribution is 7.67. The van der Waals surface area contributed by atoms with Gasteiger partial charge in [0.15, 0.2) is 0 Å². The molecule has 1 heterocycles. The molecule has 1 aromatic carbocycles. The van der Waals surface area contributed by atoms with Crippen molar-refractivity contribution < 1.29 is 0 Å². The number of aryl methyl sites for hydroxylation is 1. The lowest BCUT2D eigenvalue weighted by atomic mass is 10.2. The number of benzene rings is 1. The SMILES string of the molecule is Cc1ccc(C2=N[P]2)cc1. The van der Waals surface area contributed by atoms with Crippen molar-refractivity contribution in [2.45, 2.75) is 6.92 Å². The first kappa shape index (κ1) is 6.06. The van der Waals surface area contributed by atoms with E-state index in [0.717, 1.165) is 8.73 Å². The quantitative estimate of drug-likeness (QED) is 0.543. The van der Waals surface area contributed by atoms with E-state index in [2.05, 4.69) is 36.0 Å². The molecule has 0 aliphatic carbocycles. The summed E-state index contributed by atoms with van der Waals surface area (Å²) in [6.07, 6.45) is 0. The van der Waals surface area contributed by atoms with E-state index in [9.17, 15) is 0 Å². The lowest BCUT2D eigenvalue weighted by molar-refractivity contribution is 1.47. The van der Waals surface area contributed by atoms with Crippen molar-refractivity contribution in [1.82, 2.24) is 0 Å². The van der Waals surface area contributed by atoms with Crippen LogP contribution in [0.1, 0.15) is 11.1 Å². The second-order valence-corrected chi connectivity index (χ2v) is 3.21. The Morgan fingerprint density at radius 1 is 1.20 bits per heavy atom. The number of rotatable bonds is 1. The molecule has 0 saturated carbocycles. The number of nitrogens with zero attached hydrogens (tertiary/aromatic N) is 1. The van der Waals surface area contributed by atoms with E-state index in [1.54, 1.807) is 0 Å². The number of hydrogen-bond acceptors (Lipinski definition) is 1. The van der Waals surface area contributed by atoms with Gasteiger partial charge in [-0.15, -0.1) is 0 Å². The molecular formula is C8H7NP. The van der Waals surface area contributed by atoms with Crippen LogP contribution in [0.3, 0.4) is 0 Å². The van der Waals surface area contributed by atoms with Crippen LogP contribution in [0.15, 0.2) is 29.0 Å². The minimum atomic E-state index is 1.15. The maximum atomic E-state index is 4.09. The van der Waals surface area contributed by atoms with Crippen LogP contribution in [0.4, 0.5) is 0 Å². The molecule has 0 fully saturated rings. The van der Waals surface area contributed by atoms with Crippen molar-refractivity contribution in [2.75, 3.05) is 0 Å². The van der Waals surface area contributed by atoms with E-state index < -0.39 is 0 Å². The maximum absolute atomic E-state index is 4.09. The minimum Gasteiger partial charge on any atom is -0.245 e. The van der Waals surface area contributed by atoms with Gasteiger partial charge < -0.3 is 0 Å². The van der Waals surface area contributed by atoms with Gasteiger partial charge in [-0.2, -0.15) is 0 Å². The summed E-state index contributed by atoms with van der Waals surface area (Å²) in [4.78, 5) is 0. The van der Waals surface area contributed by atoms with Crippen LogP contribution in [0, 0.1) is 6.92 Å². The summed E-state index contributed by atoms with van der Waals surface area (Å²) < 4.78 is 4.09. The van der Waals surface area contributed by atoms with Crippen LogP contribution in [-0.4, -0.2) is 5.45 Å². The Morgan fingerprint density at radius 3 is 2.30 bits per heavy atom. The highest BCUT2D eigenvalue weighted by atomic mass is 31.1. The van der Waals surface area contributed by atoms with Crippen molar-refractivity contribution in [1.29, 1.82) is 0 Å². The lowest BCUT2D eigenvalue weighted by Crippen LogP contribution is -1.80. The monoisotopic (exact) mass is 148 g/mol. The fourth-order valence-electron chi connectivity index (χ4n) is 0.843. The molecule has 0 unspecified atom stereocenters. The Kier molecular flexibility index (Phi) is 1.32. The first-order valence-corrected chi connectivity index (χ1v) is 4.07. The van der Waals surface area contributed by atoms with Crippen molar-refractivity contribution in [3.63, 3.8) is 0 Å². The van der Waals surface area contributed by atoms with Gasteiger partial charge in [0.25, 0.3) is 0 Å². The Hall–Kier alpha value is -0.680. The molecule has 1 radical (unpaired) electrons. The largest absolute Gasteiger partial charge is 0.245 e.